The highest BCUT2D eigenvalue weighted by Gasteiger charge is 2.22. The first-order chi connectivity index (χ1) is 12.1. The van der Waals surface area contributed by atoms with Gasteiger partial charge in [-0.25, -0.2) is 0 Å². The summed E-state index contributed by atoms with van der Waals surface area (Å²) in [6.07, 6.45) is 0. The summed E-state index contributed by atoms with van der Waals surface area (Å²) in [5.41, 5.74) is 2.76. The molecule has 0 saturated heterocycles. The van der Waals surface area contributed by atoms with E-state index in [1.54, 1.807) is 6.07 Å². The van der Waals surface area contributed by atoms with Gasteiger partial charge in [0.25, 0.3) is 5.69 Å². The number of nitro benzene ring substituents is 1. The third-order valence-electron chi connectivity index (χ3n) is 4.32. The Morgan fingerprint density at radius 1 is 1.24 bits per heavy atom. The lowest BCUT2D eigenvalue weighted by Crippen LogP contribution is -2.26. The lowest BCUT2D eigenvalue weighted by Gasteiger charge is -2.25. The van der Waals surface area contributed by atoms with Gasteiger partial charge < -0.3 is 14.8 Å². The zero-order valence-electron chi connectivity index (χ0n) is 14.4. The van der Waals surface area contributed by atoms with Crippen LogP contribution in [0.2, 0.25) is 0 Å². The number of rotatable bonds is 6. The lowest BCUT2D eigenvalue weighted by molar-refractivity contribution is -0.385. The third kappa shape index (κ3) is 3.97. The van der Waals surface area contributed by atoms with Crippen LogP contribution in [0.1, 0.15) is 36.6 Å². The quantitative estimate of drug-likeness (QED) is 0.635. The van der Waals surface area contributed by atoms with Crippen molar-refractivity contribution in [2.24, 2.45) is 5.92 Å². The molecule has 0 aliphatic carbocycles. The fourth-order valence-corrected chi connectivity index (χ4v) is 3.14. The van der Waals surface area contributed by atoms with Crippen LogP contribution in [0.25, 0.3) is 0 Å². The summed E-state index contributed by atoms with van der Waals surface area (Å²) in [5.74, 6) is 1.07. The average Bonchev–Trinajstić information content (AvgIpc) is 2.62. The van der Waals surface area contributed by atoms with Crippen LogP contribution in [-0.4, -0.2) is 11.7 Å². The van der Waals surface area contributed by atoms with Gasteiger partial charge in [0.2, 0.25) is 0 Å². The summed E-state index contributed by atoms with van der Waals surface area (Å²) in [6, 6.07) is 13.5. The van der Waals surface area contributed by atoms with Gasteiger partial charge in [-0.05, 0) is 11.5 Å². The van der Waals surface area contributed by atoms with Crippen LogP contribution in [-0.2, 0) is 17.9 Å². The van der Waals surface area contributed by atoms with E-state index in [4.69, 9.17) is 9.47 Å². The van der Waals surface area contributed by atoms with Crippen LogP contribution in [0.5, 0.6) is 5.75 Å². The van der Waals surface area contributed by atoms with Crippen molar-refractivity contribution in [1.29, 1.82) is 0 Å². The Balaban J connectivity index is 1.86. The molecule has 1 atom stereocenters. The third-order valence-corrected chi connectivity index (χ3v) is 4.32. The molecule has 0 aromatic heterocycles. The summed E-state index contributed by atoms with van der Waals surface area (Å²) < 4.78 is 10.9. The second-order valence-electron chi connectivity index (χ2n) is 6.47. The first-order valence-corrected chi connectivity index (χ1v) is 8.35. The monoisotopic (exact) mass is 342 g/mol. The first-order valence-electron chi connectivity index (χ1n) is 8.35. The average molecular weight is 342 g/mol. The number of hydrogen-bond acceptors (Lipinski definition) is 5. The summed E-state index contributed by atoms with van der Waals surface area (Å²) in [5, 5.41) is 14.7. The van der Waals surface area contributed by atoms with E-state index in [-0.39, 0.29) is 23.4 Å². The van der Waals surface area contributed by atoms with Crippen LogP contribution >= 0.6 is 0 Å². The molecule has 3 rings (SSSR count). The van der Waals surface area contributed by atoms with Crippen molar-refractivity contribution in [2.45, 2.75) is 33.0 Å². The molecule has 6 heteroatoms. The van der Waals surface area contributed by atoms with E-state index >= 15 is 0 Å². The van der Waals surface area contributed by atoms with E-state index in [0.717, 1.165) is 11.1 Å². The SMILES string of the molecule is CC(C)C(NCc1cc([N+](=O)[O-])cc2c1OCOC2)c1ccccc1. The number of hydrogen-bond donors (Lipinski definition) is 1. The molecule has 6 nitrogen and oxygen atoms in total. The molecule has 25 heavy (non-hydrogen) atoms. The van der Waals surface area contributed by atoms with Crippen LogP contribution < -0.4 is 10.1 Å². The molecule has 2 aromatic rings. The maximum atomic E-state index is 11.2. The van der Waals surface area contributed by atoms with Gasteiger partial charge in [-0.2, -0.15) is 0 Å². The molecule has 132 valence electrons. The Morgan fingerprint density at radius 3 is 2.68 bits per heavy atom. The van der Waals surface area contributed by atoms with Crippen molar-refractivity contribution in [3.63, 3.8) is 0 Å². The van der Waals surface area contributed by atoms with Crippen molar-refractivity contribution < 1.29 is 14.4 Å². The maximum absolute atomic E-state index is 11.2. The number of nitrogens with one attached hydrogen (secondary N) is 1. The Labute approximate surface area is 146 Å². The Morgan fingerprint density at radius 2 is 2.00 bits per heavy atom. The van der Waals surface area contributed by atoms with Gasteiger partial charge in [0.15, 0.2) is 6.79 Å². The Kier molecular flexibility index (Phi) is 5.31. The van der Waals surface area contributed by atoms with Crippen molar-refractivity contribution in [3.05, 3.63) is 69.3 Å². The zero-order chi connectivity index (χ0) is 17.8. The highest BCUT2D eigenvalue weighted by atomic mass is 16.7. The van der Waals surface area contributed by atoms with E-state index in [9.17, 15) is 10.1 Å². The first kappa shape index (κ1) is 17.4. The molecule has 0 spiro atoms. The van der Waals surface area contributed by atoms with Crippen molar-refractivity contribution in [2.75, 3.05) is 6.79 Å². The van der Waals surface area contributed by atoms with E-state index in [2.05, 4.69) is 31.3 Å². The molecular weight excluding hydrogens is 320 g/mol. The smallest absolute Gasteiger partial charge is 0.270 e. The minimum Gasteiger partial charge on any atom is -0.467 e. The molecule has 0 amide bonds. The zero-order valence-corrected chi connectivity index (χ0v) is 14.4. The normalized spacial score (nSPS) is 14.7. The van der Waals surface area contributed by atoms with Crippen LogP contribution in [0, 0.1) is 16.0 Å². The van der Waals surface area contributed by atoms with Crippen molar-refractivity contribution in [3.8, 4) is 5.75 Å². The van der Waals surface area contributed by atoms with Gasteiger partial charge in [0.05, 0.1) is 11.5 Å². The van der Waals surface area contributed by atoms with Crippen LogP contribution in [0.3, 0.4) is 0 Å². The molecule has 1 aliphatic heterocycles. The van der Waals surface area contributed by atoms with Crippen LogP contribution in [0.15, 0.2) is 42.5 Å². The second kappa shape index (κ2) is 7.63. The predicted molar refractivity (Wildman–Crippen MR) is 94.2 cm³/mol. The number of benzene rings is 2. The van der Waals surface area contributed by atoms with Crippen LogP contribution in [0.4, 0.5) is 5.69 Å². The second-order valence-corrected chi connectivity index (χ2v) is 6.47. The summed E-state index contributed by atoms with van der Waals surface area (Å²) >= 11 is 0. The molecule has 1 unspecified atom stereocenters. The molecule has 1 N–H and O–H groups in total. The molecule has 0 fully saturated rings. The number of nitro groups is 1. The summed E-state index contributed by atoms with van der Waals surface area (Å²) in [4.78, 5) is 10.8. The van der Waals surface area contributed by atoms with E-state index < -0.39 is 0 Å². The largest absolute Gasteiger partial charge is 0.467 e. The topological polar surface area (TPSA) is 73.6 Å². The lowest BCUT2D eigenvalue weighted by atomic mass is 9.95. The molecule has 2 aromatic carbocycles. The number of fused-ring (bicyclic) bond motifs is 1. The van der Waals surface area contributed by atoms with E-state index in [0.29, 0.717) is 24.8 Å². The van der Waals surface area contributed by atoms with Gasteiger partial charge in [0, 0.05) is 35.8 Å². The predicted octanol–water partition coefficient (Wildman–Crippen LogP) is 3.95. The van der Waals surface area contributed by atoms with Gasteiger partial charge in [-0.3, -0.25) is 10.1 Å². The highest BCUT2D eigenvalue weighted by Crippen LogP contribution is 2.33. The van der Waals surface area contributed by atoms with Gasteiger partial charge in [-0.1, -0.05) is 44.2 Å². The molecule has 1 aliphatic rings. The van der Waals surface area contributed by atoms with Gasteiger partial charge in [0.1, 0.15) is 5.75 Å². The Bertz CT molecular complexity index is 747. The summed E-state index contributed by atoms with van der Waals surface area (Å²) in [6.45, 7) is 5.29. The number of nitrogens with zero attached hydrogens (tertiary/aromatic N) is 1. The number of ether oxygens (including phenoxy) is 2. The highest BCUT2D eigenvalue weighted by molar-refractivity contribution is 5.50. The molecule has 0 saturated carbocycles. The molecule has 1 heterocycles. The van der Waals surface area contributed by atoms with E-state index in [1.165, 1.54) is 11.6 Å². The minimum absolute atomic E-state index is 0.0606. The number of non-ortho nitro benzene ring substituents is 1. The molecule has 0 radical (unpaired) electrons. The van der Waals surface area contributed by atoms with Gasteiger partial charge in [-0.15, -0.1) is 0 Å². The van der Waals surface area contributed by atoms with E-state index in [1.807, 2.05) is 18.2 Å². The fourth-order valence-electron chi connectivity index (χ4n) is 3.14. The van der Waals surface area contributed by atoms with Gasteiger partial charge >= 0.3 is 0 Å². The maximum Gasteiger partial charge on any atom is 0.270 e. The molecule has 0 bridgehead atoms. The minimum atomic E-state index is -0.379. The fraction of sp³-hybridized carbons (Fsp3) is 0.368. The molecular formula is C19H22N2O4. The van der Waals surface area contributed by atoms with Crippen molar-refractivity contribution in [1.82, 2.24) is 5.32 Å². The Hall–Kier alpha value is -2.44. The standard InChI is InChI=1S/C19H22N2O4/c1-13(2)18(14-6-4-3-5-7-14)20-10-15-8-17(21(22)23)9-16-11-24-12-25-19(15)16/h3-9,13,18,20H,10-12H2,1-2H3. The summed E-state index contributed by atoms with van der Waals surface area (Å²) in [7, 11) is 0. The van der Waals surface area contributed by atoms with Crippen molar-refractivity contribution >= 4 is 5.69 Å².